The van der Waals surface area contributed by atoms with Crippen molar-refractivity contribution < 1.29 is 0 Å². The van der Waals surface area contributed by atoms with Gasteiger partial charge >= 0.3 is 0 Å². The number of benzene rings is 2. The number of hydrogen-bond donors (Lipinski definition) is 0. The molecule has 1 heterocycles. The van der Waals surface area contributed by atoms with Gasteiger partial charge in [-0.1, -0.05) is 36.4 Å². The van der Waals surface area contributed by atoms with Gasteiger partial charge in [0.25, 0.3) is 0 Å². The SMILES string of the molecule is CN(Cc1ccc(-n2cccn2)cc1)C1Cc2ccccc2C1. The fourth-order valence-electron chi connectivity index (χ4n) is 3.44. The summed E-state index contributed by atoms with van der Waals surface area (Å²) in [6.07, 6.45) is 6.10. The average Bonchev–Trinajstić information content (AvgIpc) is 3.25. The lowest BCUT2D eigenvalue weighted by atomic mass is 10.1. The van der Waals surface area contributed by atoms with Crippen molar-refractivity contribution in [3.8, 4) is 5.69 Å². The first-order valence-electron chi connectivity index (χ1n) is 8.15. The normalized spacial score (nSPS) is 14.3. The standard InChI is InChI=1S/C20H21N3/c1-22(20-13-17-5-2-3-6-18(17)14-20)15-16-7-9-19(10-8-16)23-12-4-11-21-23/h2-12,20H,13-15H2,1H3. The zero-order chi connectivity index (χ0) is 15.6. The quantitative estimate of drug-likeness (QED) is 0.736. The molecular weight excluding hydrogens is 282 g/mol. The number of nitrogens with zero attached hydrogens (tertiary/aromatic N) is 3. The molecule has 2 aromatic carbocycles. The summed E-state index contributed by atoms with van der Waals surface area (Å²) in [5.41, 5.74) is 5.48. The van der Waals surface area contributed by atoms with Gasteiger partial charge in [0.2, 0.25) is 0 Å². The maximum Gasteiger partial charge on any atom is 0.0645 e. The molecule has 0 bridgehead atoms. The highest BCUT2D eigenvalue weighted by atomic mass is 15.3. The van der Waals surface area contributed by atoms with Gasteiger partial charge < -0.3 is 0 Å². The summed E-state index contributed by atoms with van der Waals surface area (Å²) >= 11 is 0. The van der Waals surface area contributed by atoms with Crippen molar-refractivity contribution in [2.24, 2.45) is 0 Å². The fraction of sp³-hybridized carbons (Fsp3) is 0.250. The zero-order valence-electron chi connectivity index (χ0n) is 13.4. The van der Waals surface area contributed by atoms with E-state index in [4.69, 9.17) is 0 Å². The van der Waals surface area contributed by atoms with Gasteiger partial charge in [-0.25, -0.2) is 4.68 Å². The van der Waals surface area contributed by atoms with Gasteiger partial charge in [-0.2, -0.15) is 5.10 Å². The van der Waals surface area contributed by atoms with Crippen molar-refractivity contribution in [3.05, 3.63) is 83.7 Å². The predicted molar refractivity (Wildman–Crippen MR) is 92.7 cm³/mol. The lowest BCUT2D eigenvalue weighted by Crippen LogP contribution is -2.31. The van der Waals surface area contributed by atoms with Crippen LogP contribution in [-0.2, 0) is 19.4 Å². The van der Waals surface area contributed by atoms with E-state index in [1.165, 1.54) is 16.7 Å². The molecular formula is C20H21N3. The van der Waals surface area contributed by atoms with Crippen LogP contribution in [0.25, 0.3) is 5.69 Å². The van der Waals surface area contributed by atoms with Crippen LogP contribution >= 0.6 is 0 Å². The molecule has 23 heavy (non-hydrogen) atoms. The van der Waals surface area contributed by atoms with E-state index in [9.17, 15) is 0 Å². The molecule has 1 aliphatic rings. The van der Waals surface area contributed by atoms with Crippen molar-refractivity contribution in [1.29, 1.82) is 0 Å². The molecule has 4 rings (SSSR count). The van der Waals surface area contributed by atoms with Gasteiger partial charge in [-0.05, 0) is 54.8 Å². The van der Waals surface area contributed by atoms with E-state index < -0.39 is 0 Å². The third kappa shape index (κ3) is 2.92. The Bertz CT molecular complexity index is 750. The maximum atomic E-state index is 4.27. The third-order valence-corrected chi connectivity index (χ3v) is 4.79. The van der Waals surface area contributed by atoms with E-state index in [1.807, 2.05) is 16.9 Å². The summed E-state index contributed by atoms with van der Waals surface area (Å²) in [4.78, 5) is 2.48. The highest BCUT2D eigenvalue weighted by Gasteiger charge is 2.24. The molecule has 0 saturated carbocycles. The molecule has 0 N–H and O–H groups in total. The Morgan fingerprint density at radius 1 is 1.00 bits per heavy atom. The van der Waals surface area contributed by atoms with Gasteiger partial charge in [0.05, 0.1) is 5.69 Å². The van der Waals surface area contributed by atoms with E-state index >= 15 is 0 Å². The largest absolute Gasteiger partial charge is 0.299 e. The Morgan fingerprint density at radius 3 is 2.30 bits per heavy atom. The van der Waals surface area contributed by atoms with Crippen molar-refractivity contribution in [3.63, 3.8) is 0 Å². The third-order valence-electron chi connectivity index (χ3n) is 4.79. The number of hydrogen-bond acceptors (Lipinski definition) is 2. The maximum absolute atomic E-state index is 4.27. The van der Waals surface area contributed by atoms with Crippen LogP contribution in [-0.4, -0.2) is 27.8 Å². The van der Waals surface area contributed by atoms with Gasteiger partial charge in [-0.15, -0.1) is 0 Å². The summed E-state index contributed by atoms with van der Waals surface area (Å²) < 4.78 is 1.89. The highest BCUT2D eigenvalue weighted by molar-refractivity contribution is 5.35. The second-order valence-electron chi connectivity index (χ2n) is 6.36. The lowest BCUT2D eigenvalue weighted by molar-refractivity contribution is 0.241. The van der Waals surface area contributed by atoms with Gasteiger partial charge in [0.15, 0.2) is 0 Å². The Kier molecular flexibility index (Phi) is 3.72. The minimum Gasteiger partial charge on any atom is -0.299 e. The van der Waals surface area contributed by atoms with Gasteiger partial charge in [-0.3, -0.25) is 4.90 Å². The van der Waals surface area contributed by atoms with E-state index in [1.54, 1.807) is 6.20 Å². The van der Waals surface area contributed by atoms with Crippen molar-refractivity contribution >= 4 is 0 Å². The van der Waals surface area contributed by atoms with Crippen molar-refractivity contribution in [2.75, 3.05) is 7.05 Å². The summed E-state index contributed by atoms with van der Waals surface area (Å²) in [6, 6.07) is 20.1. The first kappa shape index (κ1) is 14.2. The van der Waals surface area contributed by atoms with Crippen molar-refractivity contribution in [1.82, 2.24) is 14.7 Å². The number of fused-ring (bicyclic) bond motifs is 1. The topological polar surface area (TPSA) is 21.1 Å². The highest BCUT2D eigenvalue weighted by Crippen LogP contribution is 2.25. The summed E-state index contributed by atoms with van der Waals surface area (Å²) in [7, 11) is 2.23. The number of aromatic nitrogens is 2. The second-order valence-corrected chi connectivity index (χ2v) is 6.36. The predicted octanol–water partition coefficient (Wildman–Crippen LogP) is 3.47. The van der Waals surface area contributed by atoms with Crippen LogP contribution in [0.3, 0.4) is 0 Å². The molecule has 0 aliphatic heterocycles. The molecule has 3 heteroatoms. The molecule has 0 unspecified atom stereocenters. The minimum atomic E-state index is 0.609. The molecule has 0 radical (unpaired) electrons. The Balaban J connectivity index is 1.42. The smallest absolute Gasteiger partial charge is 0.0645 e. The van der Waals surface area contributed by atoms with Crippen LogP contribution in [0.2, 0.25) is 0 Å². The molecule has 0 saturated heterocycles. The molecule has 0 fully saturated rings. The van der Waals surface area contributed by atoms with Crippen LogP contribution in [0, 0.1) is 0 Å². The number of rotatable bonds is 4. The molecule has 0 amide bonds. The molecule has 0 spiro atoms. The molecule has 3 aromatic rings. The van der Waals surface area contributed by atoms with E-state index in [-0.39, 0.29) is 0 Å². The van der Waals surface area contributed by atoms with E-state index in [2.05, 4.69) is 65.6 Å². The lowest BCUT2D eigenvalue weighted by Gasteiger charge is -2.24. The van der Waals surface area contributed by atoms with Gasteiger partial charge in [0.1, 0.15) is 0 Å². The monoisotopic (exact) mass is 303 g/mol. The van der Waals surface area contributed by atoms with Crippen LogP contribution in [0.4, 0.5) is 0 Å². The number of likely N-dealkylation sites (N-methyl/N-ethyl adjacent to an activating group) is 1. The van der Waals surface area contributed by atoms with Crippen LogP contribution in [0.5, 0.6) is 0 Å². The summed E-state index contributed by atoms with van der Waals surface area (Å²) in [6.45, 7) is 0.984. The molecule has 3 nitrogen and oxygen atoms in total. The second kappa shape index (κ2) is 6.01. The Labute approximate surface area is 137 Å². The molecule has 0 atom stereocenters. The van der Waals surface area contributed by atoms with Crippen LogP contribution in [0.1, 0.15) is 16.7 Å². The summed E-state index contributed by atoms with van der Waals surface area (Å²) in [5.74, 6) is 0. The molecule has 1 aromatic heterocycles. The fourth-order valence-corrected chi connectivity index (χ4v) is 3.44. The molecule has 116 valence electrons. The first-order valence-corrected chi connectivity index (χ1v) is 8.15. The zero-order valence-corrected chi connectivity index (χ0v) is 13.4. The molecule has 1 aliphatic carbocycles. The Morgan fingerprint density at radius 2 is 1.70 bits per heavy atom. The van der Waals surface area contributed by atoms with Crippen LogP contribution in [0.15, 0.2) is 67.0 Å². The minimum absolute atomic E-state index is 0.609. The van der Waals surface area contributed by atoms with E-state index in [0.717, 1.165) is 25.1 Å². The van der Waals surface area contributed by atoms with E-state index in [0.29, 0.717) is 6.04 Å². The Hall–Kier alpha value is -2.39. The van der Waals surface area contributed by atoms with Crippen LogP contribution < -0.4 is 0 Å². The average molecular weight is 303 g/mol. The first-order chi connectivity index (χ1) is 11.3. The van der Waals surface area contributed by atoms with Crippen molar-refractivity contribution in [2.45, 2.75) is 25.4 Å². The summed E-state index contributed by atoms with van der Waals surface area (Å²) in [5, 5.41) is 4.27. The van der Waals surface area contributed by atoms with Gasteiger partial charge in [0, 0.05) is 25.0 Å².